The molecule has 1 aliphatic carbocycles. The maximum absolute atomic E-state index is 12.8. The number of nitrogens with zero attached hydrogens (tertiary/aromatic N) is 1. The molecular formula is C13H19F3N2O2. The van der Waals surface area contributed by atoms with Crippen LogP contribution in [0.3, 0.4) is 0 Å². The monoisotopic (exact) mass is 292 g/mol. The van der Waals surface area contributed by atoms with Crippen LogP contribution < -0.4 is 5.32 Å². The molecule has 1 heterocycles. The molecule has 2 aliphatic rings. The van der Waals surface area contributed by atoms with Gasteiger partial charge in [0.05, 0.1) is 5.92 Å². The minimum Gasteiger partial charge on any atom is -0.354 e. The number of rotatable bonds is 1. The summed E-state index contributed by atoms with van der Waals surface area (Å²) in [5.41, 5.74) is 0. The van der Waals surface area contributed by atoms with E-state index in [1.165, 1.54) is 4.90 Å². The molecule has 4 nitrogen and oxygen atoms in total. The molecule has 20 heavy (non-hydrogen) atoms. The van der Waals surface area contributed by atoms with Crippen molar-refractivity contribution in [3.8, 4) is 0 Å². The van der Waals surface area contributed by atoms with Crippen LogP contribution in [0.2, 0.25) is 0 Å². The van der Waals surface area contributed by atoms with Crippen molar-refractivity contribution < 1.29 is 22.8 Å². The van der Waals surface area contributed by atoms with E-state index in [4.69, 9.17) is 0 Å². The Morgan fingerprint density at radius 1 is 1.25 bits per heavy atom. The van der Waals surface area contributed by atoms with Gasteiger partial charge in [0.2, 0.25) is 11.8 Å². The summed E-state index contributed by atoms with van der Waals surface area (Å²) in [7, 11) is 0. The van der Waals surface area contributed by atoms with Crippen LogP contribution in [0.25, 0.3) is 0 Å². The van der Waals surface area contributed by atoms with Gasteiger partial charge in [0.1, 0.15) is 0 Å². The summed E-state index contributed by atoms with van der Waals surface area (Å²) in [6, 6.07) is 0. The van der Waals surface area contributed by atoms with Crippen molar-refractivity contribution in [3.05, 3.63) is 0 Å². The van der Waals surface area contributed by atoms with Crippen molar-refractivity contribution in [2.24, 2.45) is 11.8 Å². The van der Waals surface area contributed by atoms with Gasteiger partial charge in [-0.2, -0.15) is 13.2 Å². The predicted octanol–water partition coefficient (Wildman–Crippen LogP) is 1.70. The molecule has 2 amide bonds. The van der Waals surface area contributed by atoms with Crippen LogP contribution in [0.15, 0.2) is 0 Å². The summed E-state index contributed by atoms with van der Waals surface area (Å²) in [5.74, 6) is -2.26. The number of nitrogens with one attached hydrogen (secondary N) is 1. The van der Waals surface area contributed by atoms with Crippen LogP contribution in [-0.4, -0.2) is 42.5 Å². The Morgan fingerprint density at radius 2 is 2.00 bits per heavy atom. The molecule has 0 spiro atoms. The fourth-order valence-corrected chi connectivity index (χ4v) is 2.96. The quantitative estimate of drug-likeness (QED) is 0.800. The lowest BCUT2D eigenvalue weighted by atomic mass is 9.80. The Morgan fingerprint density at radius 3 is 2.70 bits per heavy atom. The number of amides is 2. The smallest absolute Gasteiger partial charge is 0.354 e. The maximum atomic E-state index is 12.8. The van der Waals surface area contributed by atoms with E-state index in [9.17, 15) is 22.8 Å². The normalized spacial score (nSPS) is 28.8. The second kappa shape index (κ2) is 6.01. The first-order valence-electron chi connectivity index (χ1n) is 7.00. The third-order valence-corrected chi connectivity index (χ3v) is 4.11. The summed E-state index contributed by atoms with van der Waals surface area (Å²) in [5, 5.41) is 2.65. The maximum Gasteiger partial charge on any atom is 0.391 e. The van der Waals surface area contributed by atoms with E-state index in [1.807, 2.05) is 0 Å². The van der Waals surface area contributed by atoms with Crippen molar-refractivity contribution in [2.45, 2.75) is 38.3 Å². The van der Waals surface area contributed by atoms with Gasteiger partial charge < -0.3 is 10.2 Å². The highest BCUT2D eigenvalue weighted by Gasteiger charge is 2.44. The third-order valence-electron chi connectivity index (χ3n) is 4.11. The fourth-order valence-electron chi connectivity index (χ4n) is 2.96. The molecule has 1 aliphatic heterocycles. The van der Waals surface area contributed by atoms with Gasteiger partial charge in [-0.05, 0) is 19.3 Å². The Kier molecular flexibility index (Phi) is 4.55. The van der Waals surface area contributed by atoms with E-state index >= 15 is 0 Å². The van der Waals surface area contributed by atoms with Crippen molar-refractivity contribution in [2.75, 3.05) is 19.6 Å². The molecule has 2 atom stereocenters. The average Bonchev–Trinajstić information content (AvgIpc) is 2.62. The summed E-state index contributed by atoms with van der Waals surface area (Å²) in [4.78, 5) is 25.0. The minimum absolute atomic E-state index is 0.111. The first kappa shape index (κ1) is 15.1. The van der Waals surface area contributed by atoms with Crippen molar-refractivity contribution in [1.82, 2.24) is 10.2 Å². The van der Waals surface area contributed by atoms with Crippen LogP contribution in [0.5, 0.6) is 0 Å². The Bertz CT molecular complexity index is 384. The molecule has 0 aromatic rings. The molecule has 2 unspecified atom stereocenters. The highest BCUT2D eigenvalue weighted by Crippen LogP contribution is 2.40. The van der Waals surface area contributed by atoms with Crippen molar-refractivity contribution >= 4 is 11.8 Å². The molecule has 2 rings (SSSR count). The zero-order chi connectivity index (χ0) is 14.8. The summed E-state index contributed by atoms with van der Waals surface area (Å²) < 4.78 is 38.3. The number of halogens is 3. The third kappa shape index (κ3) is 3.64. The van der Waals surface area contributed by atoms with Gasteiger partial charge in [-0.25, -0.2) is 0 Å². The number of hydrogen-bond donors (Lipinski definition) is 1. The molecule has 0 bridgehead atoms. The zero-order valence-corrected chi connectivity index (χ0v) is 11.2. The lowest BCUT2D eigenvalue weighted by Crippen LogP contribution is -2.41. The van der Waals surface area contributed by atoms with Crippen LogP contribution in [0.1, 0.15) is 32.1 Å². The molecule has 7 heteroatoms. The van der Waals surface area contributed by atoms with E-state index < -0.39 is 18.0 Å². The van der Waals surface area contributed by atoms with E-state index in [-0.39, 0.29) is 31.1 Å². The number of hydrogen-bond acceptors (Lipinski definition) is 2. The minimum atomic E-state index is -4.21. The molecule has 0 radical (unpaired) electrons. The van der Waals surface area contributed by atoms with E-state index in [0.29, 0.717) is 32.5 Å². The Hall–Kier alpha value is -1.27. The number of alkyl halides is 3. The highest BCUT2D eigenvalue weighted by atomic mass is 19.4. The van der Waals surface area contributed by atoms with Crippen LogP contribution >= 0.6 is 0 Å². The molecule has 1 N–H and O–H groups in total. The number of carbonyl (C=O) groups is 2. The first-order valence-corrected chi connectivity index (χ1v) is 7.00. The Balaban J connectivity index is 1.96. The molecule has 1 saturated carbocycles. The molecule has 2 fully saturated rings. The highest BCUT2D eigenvalue weighted by molar-refractivity contribution is 5.81. The fraction of sp³-hybridized carbons (Fsp3) is 0.846. The molecule has 0 aromatic heterocycles. The summed E-state index contributed by atoms with van der Waals surface area (Å²) in [6.45, 7) is 1.07. The van der Waals surface area contributed by atoms with Crippen LogP contribution in [0.4, 0.5) is 13.2 Å². The average molecular weight is 292 g/mol. The topological polar surface area (TPSA) is 49.4 Å². The first-order chi connectivity index (χ1) is 9.38. The van der Waals surface area contributed by atoms with E-state index in [0.717, 1.165) is 0 Å². The number of carbonyl (C=O) groups excluding carboxylic acids is 2. The van der Waals surface area contributed by atoms with Gasteiger partial charge in [-0.3, -0.25) is 9.59 Å². The van der Waals surface area contributed by atoms with Crippen molar-refractivity contribution in [1.29, 1.82) is 0 Å². The van der Waals surface area contributed by atoms with Gasteiger partial charge >= 0.3 is 6.18 Å². The van der Waals surface area contributed by atoms with Gasteiger partial charge in [0.25, 0.3) is 0 Å². The Labute approximate surface area is 115 Å². The second-order valence-corrected chi connectivity index (χ2v) is 5.53. The molecule has 1 saturated heterocycles. The predicted molar refractivity (Wildman–Crippen MR) is 65.7 cm³/mol. The second-order valence-electron chi connectivity index (χ2n) is 5.53. The van der Waals surface area contributed by atoms with Crippen LogP contribution in [-0.2, 0) is 9.59 Å². The van der Waals surface area contributed by atoms with Crippen molar-refractivity contribution in [3.63, 3.8) is 0 Å². The van der Waals surface area contributed by atoms with Gasteiger partial charge in [0.15, 0.2) is 0 Å². The zero-order valence-electron chi connectivity index (χ0n) is 11.2. The molecule has 114 valence electrons. The van der Waals surface area contributed by atoms with Gasteiger partial charge in [-0.1, -0.05) is 6.42 Å². The standard InChI is InChI=1S/C13H19F3N2O2/c14-13(15,16)10-3-1-2-9(8-10)12(20)18-6-4-11(19)17-5-7-18/h9-10H,1-8H2,(H,17,19). The SMILES string of the molecule is O=C1CCN(C(=O)C2CCCC(C(F)(F)F)C2)CCN1. The van der Waals surface area contributed by atoms with Gasteiger partial charge in [-0.15, -0.1) is 0 Å². The van der Waals surface area contributed by atoms with Gasteiger partial charge in [0, 0.05) is 32.0 Å². The lowest BCUT2D eigenvalue weighted by molar-refractivity contribution is -0.187. The lowest BCUT2D eigenvalue weighted by Gasteiger charge is -2.32. The van der Waals surface area contributed by atoms with E-state index in [1.54, 1.807) is 0 Å². The summed E-state index contributed by atoms with van der Waals surface area (Å²) in [6.07, 6.45) is -3.03. The molecular weight excluding hydrogens is 273 g/mol. The van der Waals surface area contributed by atoms with E-state index in [2.05, 4.69) is 5.32 Å². The van der Waals surface area contributed by atoms with Crippen LogP contribution in [0, 0.1) is 11.8 Å². The molecule has 0 aromatic carbocycles. The largest absolute Gasteiger partial charge is 0.391 e. The summed E-state index contributed by atoms with van der Waals surface area (Å²) >= 11 is 0.